The molecule has 0 bridgehead atoms. The van der Waals surface area contributed by atoms with Gasteiger partial charge in [0.25, 0.3) is 0 Å². The highest BCUT2D eigenvalue weighted by molar-refractivity contribution is 5.67. The van der Waals surface area contributed by atoms with Crippen molar-refractivity contribution >= 4 is 12.3 Å². The van der Waals surface area contributed by atoms with Crippen molar-refractivity contribution in [1.82, 2.24) is 5.43 Å². The molecule has 0 aromatic carbocycles. The van der Waals surface area contributed by atoms with Gasteiger partial charge in [0.05, 0.1) is 0 Å². The molecule has 0 saturated heterocycles. The van der Waals surface area contributed by atoms with Gasteiger partial charge >= 0.3 is 6.09 Å². The second-order valence-electron chi connectivity index (χ2n) is 3.09. The minimum absolute atomic E-state index is 0.477. The van der Waals surface area contributed by atoms with Crippen LogP contribution in [0.5, 0.6) is 0 Å². The van der Waals surface area contributed by atoms with Crippen molar-refractivity contribution in [3.8, 4) is 0 Å². The maximum Gasteiger partial charge on any atom is 0.425 e. The van der Waals surface area contributed by atoms with Crippen LogP contribution in [0.2, 0.25) is 0 Å². The Labute approximate surface area is 71.7 Å². The molecule has 68 valence electrons. The summed E-state index contributed by atoms with van der Waals surface area (Å²) in [7, 11) is 0. The summed E-state index contributed by atoms with van der Waals surface area (Å²) in [6, 6.07) is 0. The molecular formula is C8H14N2O2. The molecule has 4 nitrogen and oxygen atoms in total. The third-order valence-electron chi connectivity index (χ3n) is 2.10. The first-order valence-corrected chi connectivity index (χ1v) is 4.31. The highest BCUT2D eigenvalue weighted by atomic mass is 16.4. The summed E-state index contributed by atoms with van der Waals surface area (Å²) in [5, 5.41) is 11.8. The highest BCUT2D eigenvalue weighted by Gasteiger charge is 2.10. The van der Waals surface area contributed by atoms with Crippen LogP contribution in [0.3, 0.4) is 0 Å². The lowest BCUT2D eigenvalue weighted by Crippen LogP contribution is -2.16. The average molecular weight is 170 g/mol. The van der Waals surface area contributed by atoms with Gasteiger partial charge in [-0.3, -0.25) is 0 Å². The van der Waals surface area contributed by atoms with Crippen molar-refractivity contribution in [2.75, 3.05) is 0 Å². The van der Waals surface area contributed by atoms with Crippen molar-refractivity contribution in [3.63, 3.8) is 0 Å². The number of rotatable bonds is 2. The van der Waals surface area contributed by atoms with Gasteiger partial charge in [-0.2, -0.15) is 5.10 Å². The Balaban J connectivity index is 2.19. The predicted molar refractivity (Wildman–Crippen MR) is 46.2 cm³/mol. The molecule has 1 saturated carbocycles. The van der Waals surface area contributed by atoms with E-state index in [1.807, 2.05) is 5.43 Å². The number of carboxylic acid groups (broad SMARTS) is 1. The van der Waals surface area contributed by atoms with Crippen LogP contribution in [-0.4, -0.2) is 17.4 Å². The zero-order valence-corrected chi connectivity index (χ0v) is 6.99. The molecule has 0 spiro atoms. The maximum atomic E-state index is 10.0. The molecule has 0 atom stereocenters. The average Bonchev–Trinajstić information content (AvgIpc) is 2.05. The van der Waals surface area contributed by atoms with E-state index in [9.17, 15) is 4.79 Å². The van der Waals surface area contributed by atoms with E-state index in [-0.39, 0.29) is 0 Å². The van der Waals surface area contributed by atoms with Gasteiger partial charge in [-0.1, -0.05) is 19.3 Å². The number of amides is 1. The number of nitrogens with zero attached hydrogens (tertiary/aromatic N) is 1. The van der Waals surface area contributed by atoms with E-state index in [1.54, 1.807) is 6.21 Å². The van der Waals surface area contributed by atoms with E-state index < -0.39 is 6.09 Å². The van der Waals surface area contributed by atoms with Crippen LogP contribution < -0.4 is 5.43 Å². The summed E-state index contributed by atoms with van der Waals surface area (Å²) in [5.74, 6) is 0.477. The lowest BCUT2D eigenvalue weighted by Gasteiger charge is -2.16. The molecule has 0 aromatic heterocycles. The van der Waals surface area contributed by atoms with Gasteiger partial charge < -0.3 is 5.11 Å². The third kappa shape index (κ3) is 3.37. The second kappa shape index (κ2) is 4.74. The first-order chi connectivity index (χ1) is 5.79. The van der Waals surface area contributed by atoms with Gasteiger partial charge in [-0.15, -0.1) is 0 Å². The zero-order chi connectivity index (χ0) is 8.81. The molecule has 1 amide bonds. The van der Waals surface area contributed by atoms with Crippen molar-refractivity contribution in [1.29, 1.82) is 0 Å². The fraction of sp³-hybridized carbons (Fsp3) is 0.750. The van der Waals surface area contributed by atoms with Crippen LogP contribution in [0, 0.1) is 5.92 Å². The van der Waals surface area contributed by atoms with E-state index in [0.717, 1.165) is 12.8 Å². The Morgan fingerprint density at radius 2 is 2.08 bits per heavy atom. The molecule has 12 heavy (non-hydrogen) atoms. The first-order valence-electron chi connectivity index (χ1n) is 4.31. The van der Waals surface area contributed by atoms with Gasteiger partial charge in [-0.05, 0) is 18.8 Å². The Kier molecular flexibility index (Phi) is 3.57. The molecular weight excluding hydrogens is 156 g/mol. The van der Waals surface area contributed by atoms with Gasteiger partial charge in [-0.25, -0.2) is 10.2 Å². The van der Waals surface area contributed by atoms with Crippen molar-refractivity contribution in [3.05, 3.63) is 0 Å². The second-order valence-corrected chi connectivity index (χ2v) is 3.09. The fourth-order valence-electron chi connectivity index (χ4n) is 1.48. The highest BCUT2D eigenvalue weighted by Crippen LogP contribution is 2.21. The molecule has 1 aliphatic carbocycles. The Morgan fingerprint density at radius 1 is 1.42 bits per heavy atom. The molecule has 4 heteroatoms. The van der Waals surface area contributed by atoms with Gasteiger partial charge in [0, 0.05) is 6.21 Å². The number of hydrogen-bond acceptors (Lipinski definition) is 2. The Morgan fingerprint density at radius 3 is 2.67 bits per heavy atom. The lowest BCUT2D eigenvalue weighted by atomic mass is 9.90. The molecule has 0 radical (unpaired) electrons. The lowest BCUT2D eigenvalue weighted by molar-refractivity contribution is 0.195. The third-order valence-corrected chi connectivity index (χ3v) is 2.10. The molecule has 1 rings (SSSR count). The quantitative estimate of drug-likeness (QED) is 0.490. The van der Waals surface area contributed by atoms with Crippen LogP contribution in [0.4, 0.5) is 4.79 Å². The first kappa shape index (κ1) is 9.03. The number of hydrogen-bond donors (Lipinski definition) is 2. The SMILES string of the molecule is O=C(O)NN=CC1CCCCC1. The van der Waals surface area contributed by atoms with Crippen molar-refractivity contribution in [2.45, 2.75) is 32.1 Å². The summed E-state index contributed by atoms with van der Waals surface area (Å²) in [6.07, 6.45) is 6.69. The summed E-state index contributed by atoms with van der Waals surface area (Å²) in [5.41, 5.74) is 1.98. The molecule has 0 aromatic rings. The number of nitrogens with one attached hydrogen (secondary N) is 1. The van der Waals surface area contributed by atoms with Crippen LogP contribution in [0.1, 0.15) is 32.1 Å². The molecule has 0 aliphatic heterocycles. The fourth-order valence-corrected chi connectivity index (χ4v) is 1.48. The predicted octanol–water partition coefficient (Wildman–Crippen LogP) is 1.82. The molecule has 1 fully saturated rings. The van der Waals surface area contributed by atoms with Gasteiger partial charge in [0.2, 0.25) is 0 Å². The molecule has 0 unspecified atom stereocenters. The monoisotopic (exact) mass is 170 g/mol. The van der Waals surface area contributed by atoms with Gasteiger partial charge in [0.15, 0.2) is 0 Å². The van der Waals surface area contributed by atoms with E-state index in [4.69, 9.17) is 5.11 Å². The normalized spacial score (nSPS) is 19.7. The summed E-state index contributed by atoms with van der Waals surface area (Å²) >= 11 is 0. The topological polar surface area (TPSA) is 61.7 Å². The van der Waals surface area contributed by atoms with E-state index >= 15 is 0 Å². The van der Waals surface area contributed by atoms with Crippen LogP contribution in [0.15, 0.2) is 5.10 Å². The van der Waals surface area contributed by atoms with Crippen molar-refractivity contribution in [2.24, 2.45) is 11.0 Å². The largest absolute Gasteiger partial charge is 0.464 e. The van der Waals surface area contributed by atoms with E-state index in [0.29, 0.717) is 5.92 Å². The van der Waals surface area contributed by atoms with Crippen LogP contribution in [0.25, 0.3) is 0 Å². The summed E-state index contributed by atoms with van der Waals surface area (Å²) < 4.78 is 0. The Bertz CT molecular complexity index is 174. The van der Waals surface area contributed by atoms with E-state index in [2.05, 4.69) is 5.10 Å². The summed E-state index contributed by atoms with van der Waals surface area (Å²) in [4.78, 5) is 10.0. The van der Waals surface area contributed by atoms with Gasteiger partial charge in [0.1, 0.15) is 0 Å². The van der Waals surface area contributed by atoms with E-state index in [1.165, 1.54) is 19.3 Å². The standard InChI is InChI=1S/C8H14N2O2/c11-8(12)10-9-6-7-4-2-1-3-5-7/h6-7,10H,1-5H2,(H,11,12). The van der Waals surface area contributed by atoms with Crippen molar-refractivity contribution < 1.29 is 9.90 Å². The Hall–Kier alpha value is -1.06. The molecule has 1 aliphatic rings. The molecule has 0 heterocycles. The number of carbonyl (C=O) groups is 1. The zero-order valence-electron chi connectivity index (χ0n) is 6.99. The van der Waals surface area contributed by atoms with Crippen LogP contribution in [-0.2, 0) is 0 Å². The van der Waals surface area contributed by atoms with Crippen LogP contribution >= 0.6 is 0 Å². The number of hydrazone groups is 1. The molecule has 2 N–H and O–H groups in total. The minimum Gasteiger partial charge on any atom is -0.464 e. The minimum atomic E-state index is -1.10. The smallest absolute Gasteiger partial charge is 0.425 e. The maximum absolute atomic E-state index is 10.0. The summed E-state index contributed by atoms with van der Waals surface area (Å²) in [6.45, 7) is 0.